The van der Waals surface area contributed by atoms with Crippen molar-refractivity contribution in [3.8, 4) is 0 Å². The summed E-state index contributed by atoms with van der Waals surface area (Å²) in [5, 5.41) is 9.21. The van der Waals surface area contributed by atoms with Crippen LogP contribution in [0.1, 0.15) is 12.6 Å². The number of nitrogens with zero attached hydrogens (tertiary/aromatic N) is 5. The van der Waals surface area contributed by atoms with Crippen LogP contribution in [0.2, 0.25) is 0 Å². The summed E-state index contributed by atoms with van der Waals surface area (Å²) in [6, 6.07) is 12.7. The Morgan fingerprint density at radius 2 is 1.97 bits per heavy atom. The summed E-state index contributed by atoms with van der Waals surface area (Å²) in [5.74, 6) is 0.0502. The molecule has 0 radical (unpaired) electrons. The van der Waals surface area contributed by atoms with Gasteiger partial charge < -0.3 is 5.32 Å². The number of carbonyl (C=O) groups is 2. The lowest BCUT2D eigenvalue weighted by molar-refractivity contribution is -0.116. The molecular formula is C20H16N6O2S. The maximum Gasteiger partial charge on any atom is 0.249 e. The molecular weight excluding hydrogens is 388 g/mol. The molecule has 9 heteroatoms. The Morgan fingerprint density at radius 3 is 2.76 bits per heavy atom. The van der Waals surface area contributed by atoms with E-state index in [9.17, 15) is 9.59 Å². The molecule has 1 N–H and O–H groups in total. The van der Waals surface area contributed by atoms with Crippen molar-refractivity contribution in [2.45, 2.75) is 6.92 Å². The number of rotatable bonds is 5. The Morgan fingerprint density at radius 1 is 1.14 bits per heavy atom. The molecule has 0 bridgehead atoms. The van der Waals surface area contributed by atoms with Gasteiger partial charge in [-0.15, -0.1) is 11.3 Å². The minimum absolute atomic E-state index is 0.139. The summed E-state index contributed by atoms with van der Waals surface area (Å²) >= 11 is 1.33. The van der Waals surface area contributed by atoms with Crippen molar-refractivity contribution in [1.82, 2.24) is 19.6 Å². The van der Waals surface area contributed by atoms with Gasteiger partial charge in [-0.05, 0) is 24.3 Å². The first kappa shape index (κ1) is 18.5. The number of aromatic nitrogens is 4. The van der Waals surface area contributed by atoms with E-state index in [1.54, 1.807) is 36.0 Å². The highest BCUT2D eigenvalue weighted by atomic mass is 32.1. The van der Waals surface area contributed by atoms with E-state index in [0.717, 1.165) is 5.69 Å². The van der Waals surface area contributed by atoms with Crippen LogP contribution in [0, 0.1) is 0 Å². The lowest BCUT2D eigenvalue weighted by atomic mass is 10.3. The molecule has 0 aliphatic carbocycles. The van der Waals surface area contributed by atoms with Crippen LogP contribution in [0.3, 0.4) is 0 Å². The molecule has 0 saturated heterocycles. The van der Waals surface area contributed by atoms with Gasteiger partial charge in [0.1, 0.15) is 5.82 Å². The number of hydrogen-bond donors (Lipinski definition) is 1. The van der Waals surface area contributed by atoms with Gasteiger partial charge in [0.15, 0.2) is 10.8 Å². The number of para-hydroxylation sites is 1. The van der Waals surface area contributed by atoms with Crippen LogP contribution < -0.4 is 10.2 Å². The quantitative estimate of drug-likeness (QED) is 0.514. The molecule has 0 fully saturated rings. The Bertz CT molecular complexity index is 1200. The van der Waals surface area contributed by atoms with Crippen molar-refractivity contribution in [3.05, 3.63) is 72.0 Å². The standard InChI is InChI=1S/C20H16N6O2S/c1-14(27)25(16-5-3-2-4-6-16)20-23-15(13-29-20)7-8-19(28)24-18-9-11-21-17-10-12-22-26(17)18/h2-13H,1H3,(H,24,28)/b8-7+. The molecule has 0 spiro atoms. The first-order valence-electron chi connectivity index (χ1n) is 8.71. The van der Waals surface area contributed by atoms with Gasteiger partial charge in [0, 0.05) is 30.6 Å². The molecule has 2 amide bonds. The van der Waals surface area contributed by atoms with E-state index < -0.39 is 0 Å². The van der Waals surface area contributed by atoms with Gasteiger partial charge in [-0.25, -0.2) is 9.97 Å². The SMILES string of the molecule is CC(=O)N(c1ccccc1)c1nc(/C=C/C(=O)Nc2ccnc3ccnn23)cs1. The number of nitrogens with one attached hydrogen (secondary N) is 1. The second kappa shape index (κ2) is 8.03. The number of fused-ring (bicyclic) bond motifs is 1. The highest BCUT2D eigenvalue weighted by Crippen LogP contribution is 2.29. The number of amides is 2. The first-order valence-corrected chi connectivity index (χ1v) is 9.59. The number of carbonyl (C=O) groups excluding carboxylic acids is 2. The normalized spacial score (nSPS) is 11.1. The molecule has 8 nitrogen and oxygen atoms in total. The molecule has 3 heterocycles. The van der Waals surface area contributed by atoms with Gasteiger partial charge in [-0.3, -0.25) is 14.5 Å². The van der Waals surface area contributed by atoms with Crippen LogP contribution in [-0.4, -0.2) is 31.4 Å². The number of benzene rings is 1. The van der Waals surface area contributed by atoms with Crippen LogP contribution in [-0.2, 0) is 9.59 Å². The zero-order chi connectivity index (χ0) is 20.2. The third-order valence-electron chi connectivity index (χ3n) is 3.98. The molecule has 29 heavy (non-hydrogen) atoms. The van der Waals surface area contributed by atoms with Crippen molar-refractivity contribution >= 4 is 51.5 Å². The van der Waals surface area contributed by atoms with Crippen LogP contribution >= 0.6 is 11.3 Å². The van der Waals surface area contributed by atoms with E-state index in [1.807, 2.05) is 30.3 Å². The largest absolute Gasteiger partial charge is 0.307 e. The van der Waals surface area contributed by atoms with Crippen LogP contribution in [0.15, 0.2) is 66.3 Å². The molecule has 1 aromatic carbocycles. The van der Waals surface area contributed by atoms with Crippen molar-refractivity contribution in [2.24, 2.45) is 0 Å². The molecule has 0 aliphatic heterocycles. The average Bonchev–Trinajstić information content (AvgIpc) is 3.37. The van der Waals surface area contributed by atoms with E-state index in [4.69, 9.17) is 0 Å². The molecule has 4 rings (SSSR count). The Hall–Kier alpha value is -3.85. The smallest absolute Gasteiger partial charge is 0.249 e. The lowest BCUT2D eigenvalue weighted by Crippen LogP contribution is -2.22. The fourth-order valence-corrected chi connectivity index (χ4v) is 3.57. The minimum atomic E-state index is -0.325. The second-order valence-electron chi connectivity index (χ2n) is 6.00. The minimum Gasteiger partial charge on any atom is -0.307 e. The third-order valence-corrected chi connectivity index (χ3v) is 4.82. The van der Waals surface area contributed by atoms with Crippen molar-refractivity contribution in [3.63, 3.8) is 0 Å². The average molecular weight is 404 g/mol. The molecule has 3 aromatic heterocycles. The summed E-state index contributed by atoms with van der Waals surface area (Å²) in [7, 11) is 0. The Balaban J connectivity index is 1.49. The molecule has 0 aliphatic rings. The molecule has 144 valence electrons. The van der Waals surface area contributed by atoms with Crippen molar-refractivity contribution in [2.75, 3.05) is 10.2 Å². The van der Waals surface area contributed by atoms with Crippen molar-refractivity contribution in [1.29, 1.82) is 0 Å². The van der Waals surface area contributed by atoms with Gasteiger partial charge in [-0.2, -0.15) is 9.61 Å². The van der Waals surface area contributed by atoms with E-state index in [1.165, 1.54) is 33.8 Å². The topological polar surface area (TPSA) is 92.5 Å². The zero-order valence-corrected chi connectivity index (χ0v) is 16.2. The predicted molar refractivity (Wildman–Crippen MR) is 112 cm³/mol. The van der Waals surface area contributed by atoms with E-state index in [2.05, 4.69) is 20.4 Å². The van der Waals surface area contributed by atoms with Gasteiger partial charge in [0.05, 0.1) is 17.6 Å². The van der Waals surface area contributed by atoms with Crippen LogP contribution in [0.4, 0.5) is 16.6 Å². The van der Waals surface area contributed by atoms with E-state index in [-0.39, 0.29) is 11.8 Å². The third kappa shape index (κ3) is 4.04. The van der Waals surface area contributed by atoms with Gasteiger partial charge in [0.2, 0.25) is 11.8 Å². The fourth-order valence-electron chi connectivity index (χ4n) is 2.72. The summed E-state index contributed by atoms with van der Waals surface area (Å²) < 4.78 is 1.54. The summed E-state index contributed by atoms with van der Waals surface area (Å²) in [6.07, 6.45) is 6.19. The van der Waals surface area contributed by atoms with E-state index >= 15 is 0 Å². The predicted octanol–water partition coefficient (Wildman–Crippen LogP) is 3.52. The number of thiazole rings is 1. The second-order valence-corrected chi connectivity index (χ2v) is 6.84. The summed E-state index contributed by atoms with van der Waals surface area (Å²) in [4.78, 5) is 34.5. The highest BCUT2D eigenvalue weighted by Gasteiger charge is 2.17. The van der Waals surface area contributed by atoms with Crippen LogP contribution in [0.5, 0.6) is 0 Å². The molecule has 0 unspecified atom stereocenters. The number of hydrogen-bond acceptors (Lipinski definition) is 6. The van der Waals surface area contributed by atoms with Gasteiger partial charge in [-0.1, -0.05) is 18.2 Å². The Kier molecular flexibility index (Phi) is 5.12. The lowest BCUT2D eigenvalue weighted by Gasteiger charge is -2.17. The maximum atomic E-state index is 12.3. The summed E-state index contributed by atoms with van der Waals surface area (Å²) in [5.41, 5.74) is 1.96. The van der Waals surface area contributed by atoms with Gasteiger partial charge >= 0.3 is 0 Å². The van der Waals surface area contributed by atoms with E-state index in [0.29, 0.717) is 22.3 Å². The fraction of sp³-hybridized carbons (Fsp3) is 0.0500. The molecule has 0 atom stereocenters. The van der Waals surface area contributed by atoms with Gasteiger partial charge in [0.25, 0.3) is 0 Å². The monoisotopic (exact) mass is 404 g/mol. The van der Waals surface area contributed by atoms with Crippen LogP contribution in [0.25, 0.3) is 11.7 Å². The van der Waals surface area contributed by atoms with Crippen molar-refractivity contribution < 1.29 is 9.59 Å². The first-order chi connectivity index (χ1) is 14.1. The highest BCUT2D eigenvalue weighted by molar-refractivity contribution is 7.14. The maximum absolute atomic E-state index is 12.3. The zero-order valence-electron chi connectivity index (χ0n) is 15.4. The molecule has 0 saturated carbocycles. The summed E-state index contributed by atoms with van der Waals surface area (Å²) in [6.45, 7) is 1.49. The Labute approximate surface area is 170 Å². The molecule has 4 aromatic rings. The number of anilines is 3.